The predicted octanol–water partition coefficient (Wildman–Crippen LogP) is 1.77. The van der Waals surface area contributed by atoms with Crippen LogP contribution < -0.4 is 15.4 Å². The van der Waals surface area contributed by atoms with E-state index in [4.69, 9.17) is 4.74 Å². The van der Waals surface area contributed by atoms with Crippen LogP contribution in [0.15, 0.2) is 24.3 Å². The highest BCUT2D eigenvalue weighted by molar-refractivity contribution is 5.99. The monoisotopic (exact) mass is 331 g/mol. The second-order valence-corrected chi connectivity index (χ2v) is 6.53. The summed E-state index contributed by atoms with van der Waals surface area (Å²) < 4.78 is 5.64. The first kappa shape index (κ1) is 16.8. The van der Waals surface area contributed by atoms with Crippen molar-refractivity contribution in [3.8, 4) is 5.75 Å². The lowest BCUT2D eigenvalue weighted by atomic mass is 10.0. The molecule has 0 saturated carbocycles. The maximum atomic E-state index is 12.1. The summed E-state index contributed by atoms with van der Waals surface area (Å²) >= 11 is 0. The number of anilines is 1. The van der Waals surface area contributed by atoms with Gasteiger partial charge in [-0.1, -0.05) is 18.6 Å². The van der Waals surface area contributed by atoms with Crippen LogP contribution in [-0.2, 0) is 9.59 Å². The van der Waals surface area contributed by atoms with Gasteiger partial charge >= 0.3 is 0 Å². The SMILES string of the molecule is C[C@@H]1CCCCN1CCNC(=O)C[C@H]1Oc2ccccc2NC1=O. The largest absolute Gasteiger partial charge is 0.478 e. The Hall–Kier alpha value is -2.08. The molecular formula is C18H25N3O3. The van der Waals surface area contributed by atoms with Gasteiger partial charge in [0.15, 0.2) is 6.10 Å². The number of hydrogen-bond acceptors (Lipinski definition) is 4. The molecule has 0 radical (unpaired) electrons. The minimum atomic E-state index is -0.770. The van der Waals surface area contributed by atoms with E-state index >= 15 is 0 Å². The van der Waals surface area contributed by atoms with Gasteiger partial charge in [-0.2, -0.15) is 0 Å². The van der Waals surface area contributed by atoms with E-state index in [0.29, 0.717) is 24.0 Å². The summed E-state index contributed by atoms with van der Waals surface area (Å²) in [6.45, 7) is 4.79. The van der Waals surface area contributed by atoms with Crippen LogP contribution in [0.2, 0.25) is 0 Å². The number of piperidine rings is 1. The van der Waals surface area contributed by atoms with Crippen molar-refractivity contribution in [1.82, 2.24) is 10.2 Å². The highest BCUT2D eigenvalue weighted by Gasteiger charge is 2.29. The topological polar surface area (TPSA) is 70.7 Å². The first-order chi connectivity index (χ1) is 11.6. The molecule has 1 fully saturated rings. The van der Waals surface area contributed by atoms with Crippen LogP contribution in [0.3, 0.4) is 0 Å². The minimum Gasteiger partial charge on any atom is -0.478 e. The van der Waals surface area contributed by atoms with Crippen LogP contribution in [0.5, 0.6) is 5.75 Å². The molecule has 6 heteroatoms. The number of hydrogen-bond donors (Lipinski definition) is 2. The Morgan fingerprint density at radius 3 is 3.04 bits per heavy atom. The molecular weight excluding hydrogens is 306 g/mol. The molecule has 0 bridgehead atoms. The summed E-state index contributed by atoms with van der Waals surface area (Å²) in [6.07, 6.45) is 3.01. The van der Waals surface area contributed by atoms with E-state index in [1.807, 2.05) is 12.1 Å². The number of para-hydroxylation sites is 2. The van der Waals surface area contributed by atoms with Crippen LogP contribution >= 0.6 is 0 Å². The first-order valence-electron chi connectivity index (χ1n) is 8.71. The zero-order chi connectivity index (χ0) is 16.9. The number of amides is 2. The van der Waals surface area contributed by atoms with E-state index in [1.54, 1.807) is 12.1 Å². The third-order valence-electron chi connectivity index (χ3n) is 4.74. The maximum absolute atomic E-state index is 12.1. The lowest BCUT2D eigenvalue weighted by Gasteiger charge is -2.33. The highest BCUT2D eigenvalue weighted by Crippen LogP contribution is 2.29. The number of carbonyl (C=O) groups excluding carboxylic acids is 2. The number of nitrogens with zero attached hydrogens (tertiary/aromatic N) is 1. The molecule has 2 atom stereocenters. The Morgan fingerprint density at radius 1 is 1.38 bits per heavy atom. The lowest BCUT2D eigenvalue weighted by molar-refractivity contribution is -0.130. The molecule has 1 aromatic carbocycles. The van der Waals surface area contributed by atoms with Crippen molar-refractivity contribution in [3.63, 3.8) is 0 Å². The summed E-state index contributed by atoms with van der Waals surface area (Å²) in [7, 11) is 0. The third-order valence-corrected chi connectivity index (χ3v) is 4.74. The Kier molecular flexibility index (Phi) is 5.35. The summed E-state index contributed by atoms with van der Waals surface area (Å²) in [6, 6.07) is 7.82. The van der Waals surface area contributed by atoms with E-state index in [-0.39, 0.29) is 18.2 Å². The van der Waals surface area contributed by atoms with Crippen molar-refractivity contribution < 1.29 is 14.3 Å². The normalized spacial score (nSPS) is 23.8. The second-order valence-electron chi connectivity index (χ2n) is 6.53. The van der Waals surface area contributed by atoms with Gasteiger partial charge in [-0.25, -0.2) is 0 Å². The van der Waals surface area contributed by atoms with Crippen molar-refractivity contribution in [1.29, 1.82) is 0 Å². The molecule has 130 valence electrons. The molecule has 0 aromatic heterocycles. The predicted molar refractivity (Wildman–Crippen MR) is 92.0 cm³/mol. The van der Waals surface area contributed by atoms with Crippen molar-refractivity contribution in [2.75, 3.05) is 25.0 Å². The minimum absolute atomic E-state index is 0.0374. The Morgan fingerprint density at radius 2 is 2.21 bits per heavy atom. The summed E-state index contributed by atoms with van der Waals surface area (Å²) in [5.41, 5.74) is 0.651. The number of fused-ring (bicyclic) bond motifs is 1. The van der Waals surface area contributed by atoms with Crippen molar-refractivity contribution in [2.45, 2.75) is 44.8 Å². The summed E-state index contributed by atoms with van der Waals surface area (Å²) in [5, 5.41) is 5.68. The van der Waals surface area contributed by atoms with Gasteiger partial charge in [0.05, 0.1) is 12.1 Å². The van der Waals surface area contributed by atoms with E-state index in [9.17, 15) is 9.59 Å². The molecule has 6 nitrogen and oxygen atoms in total. The summed E-state index contributed by atoms with van der Waals surface area (Å²) in [4.78, 5) is 26.5. The first-order valence-corrected chi connectivity index (χ1v) is 8.71. The Bertz CT molecular complexity index is 605. The molecule has 2 N–H and O–H groups in total. The number of carbonyl (C=O) groups is 2. The molecule has 2 aliphatic heterocycles. The molecule has 2 heterocycles. The number of nitrogens with one attached hydrogen (secondary N) is 2. The van der Waals surface area contributed by atoms with Gasteiger partial charge in [0.2, 0.25) is 5.91 Å². The van der Waals surface area contributed by atoms with E-state index < -0.39 is 6.10 Å². The smallest absolute Gasteiger partial charge is 0.266 e. The van der Waals surface area contributed by atoms with Crippen LogP contribution in [0, 0.1) is 0 Å². The number of ether oxygens (including phenoxy) is 1. The molecule has 24 heavy (non-hydrogen) atoms. The highest BCUT2D eigenvalue weighted by atomic mass is 16.5. The van der Waals surface area contributed by atoms with E-state index in [2.05, 4.69) is 22.5 Å². The standard InChI is InChI=1S/C18H25N3O3/c1-13-6-4-5-10-21(13)11-9-19-17(22)12-16-18(23)20-14-7-2-3-8-15(14)24-16/h2-3,7-8,13,16H,4-6,9-12H2,1H3,(H,19,22)(H,20,23)/t13-,16-/m1/s1. The molecule has 0 unspecified atom stereocenters. The zero-order valence-electron chi connectivity index (χ0n) is 14.1. The van der Waals surface area contributed by atoms with Crippen molar-refractivity contribution in [3.05, 3.63) is 24.3 Å². The maximum Gasteiger partial charge on any atom is 0.266 e. The average Bonchev–Trinajstić information content (AvgIpc) is 2.57. The van der Waals surface area contributed by atoms with Crippen LogP contribution in [-0.4, -0.2) is 48.5 Å². The van der Waals surface area contributed by atoms with Gasteiger partial charge in [-0.05, 0) is 38.4 Å². The van der Waals surface area contributed by atoms with E-state index in [0.717, 1.165) is 13.1 Å². The second kappa shape index (κ2) is 7.66. The quantitative estimate of drug-likeness (QED) is 0.863. The van der Waals surface area contributed by atoms with Crippen LogP contribution in [0.4, 0.5) is 5.69 Å². The number of likely N-dealkylation sites (tertiary alicyclic amines) is 1. The molecule has 1 saturated heterocycles. The van der Waals surface area contributed by atoms with Gasteiger partial charge < -0.3 is 15.4 Å². The molecule has 3 rings (SSSR count). The van der Waals surface area contributed by atoms with Gasteiger partial charge in [0, 0.05) is 19.1 Å². The molecule has 2 amide bonds. The fourth-order valence-electron chi connectivity index (χ4n) is 3.30. The van der Waals surface area contributed by atoms with Crippen LogP contribution in [0.1, 0.15) is 32.6 Å². The summed E-state index contributed by atoms with van der Waals surface area (Å²) in [5.74, 6) is 0.185. The van der Waals surface area contributed by atoms with Crippen LogP contribution in [0.25, 0.3) is 0 Å². The molecule has 1 aromatic rings. The lowest BCUT2D eigenvalue weighted by Crippen LogP contribution is -2.44. The van der Waals surface area contributed by atoms with E-state index in [1.165, 1.54) is 19.3 Å². The number of rotatable bonds is 5. The van der Waals surface area contributed by atoms with Crippen molar-refractivity contribution >= 4 is 17.5 Å². The Balaban J connectivity index is 1.44. The number of benzene rings is 1. The van der Waals surface area contributed by atoms with Crippen molar-refractivity contribution in [2.24, 2.45) is 0 Å². The average molecular weight is 331 g/mol. The Labute approximate surface area is 142 Å². The molecule has 2 aliphatic rings. The fraction of sp³-hybridized carbons (Fsp3) is 0.556. The third kappa shape index (κ3) is 4.06. The fourth-order valence-corrected chi connectivity index (χ4v) is 3.30. The molecule has 0 aliphatic carbocycles. The molecule has 0 spiro atoms. The van der Waals surface area contributed by atoms with Gasteiger partial charge in [-0.15, -0.1) is 0 Å². The van der Waals surface area contributed by atoms with Gasteiger partial charge in [-0.3, -0.25) is 14.5 Å². The zero-order valence-corrected chi connectivity index (χ0v) is 14.1. The van der Waals surface area contributed by atoms with Gasteiger partial charge in [0.25, 0.3) is 5.91 Å². The van der Waals surface area contributed by atoms with Gasteiger partial charge in [0.1, 0.15) is 5.75 Å².